The van der Waals surface area contributed by atoms with Gasteiger partial charge in [0.15, 0.2) is 11.5 Å². The van der Waals surface area contributed by atoms with Gasteiger partial charge < -0.3 is 19.8 Å². The second-order valence-corrected chi connectivity index (χ2v) is 9.59. The van der Waals surface area contributed by atoms with Gasteiger partial charge in [0.05, 0.1) is 17.3 Å². The van der Waals surface area contributed by atoms with E-state index in [1.165, 1.54) is 10.8 Å². The number of carbonyl (C=O) groups excluding carboxylic acids is 1. The zero-order valence-electron chi connectivity index (χ0n) is 18.2. The number of H-pyrrole nitrogens is 1. The zero-order chi connectivity index (χ0) is 21.9. The topological polar surface area (TPSA) is 76.2 Å². The van der Waals surface area contributed by atoms with Crippen LogP contribution in [-0.4, -0.2) is 23.2 Å². The summed E-state index contributed by atoms with van der Waals surface area (Å²) in [6.07, 6.45) is 3.26. The summed E-state index contributed by atoms with van der Waals surface area (Å²) in [6, 6.07) is 14.4. The number of pyridine rings is 1. The lowest BCUT2D eigenvalue weighted by Crippen LogP contribution is -2.34. The van der Waals surface area contributed by atoms with Crippen LogP contribution in [0.2, 0.25) is 0 Å². The number of fused-ring (bicyclic) bond motifs is 6. The van der Waals surface area contributed by atoms with E-state index in [9.17, 15) is 4.79 Å². The fourth-order valence-electron chi connectivity index (χ4n) is 5.35. The number of nitrogens with zero attached hydrogens (tertiary/aromatic N) is 1. The van der Waals surface area contributed by atoms with E-state index in [1.807, 2.05) is 18.2 Å². The molecule has 2 aromatic carbocycles. The van der Waals surface area contributed by atoms with Gasteiger partial charge in [-0.15, -0.1) is 0 Å². The van der Waals surface area contributed by atoms with Gasteiger partial charge in [0.2, 0.25) is 13.2 Å². The number of rotatable bonds is 4. The molecule has 0 spiro atoms. The van der Waals surface area contributed by atoms with Crippen molar-refractivity contribution < 1.29 is 14.3 Å². The van der Waals surface area contributed by atoms with Crippen molar-refractivity contribution in [3.05, 3.63) is 65.0 Å². The van der Waals surface area contributed by atoms with Crippen LogP contribution in [0.4, 0.5) is 0 Å². The van der Waals surface area contributed by atoms with Crippen LogP contribution in [0.3, 0.4) is 0 Å². The third kappa shape index (κ3) is 3.01. The van der Waals surface area contributed by atoms with Gasteiger partial charge in [-0.2, -0.15) is 0 Å². The Hall–Kier alpha value is -3.54. The Morgan fingerprint density at radius 3 is 2.91 bits per heavy atom. The van der Waals surface area contributed by atoms with Crippen molar-refractivity contribution in [2.45, 2.75) is 39.2 Å². The van der Waals surface area contributed by atoms with Crippen LogP contribution in [0.25, 0.3) is 21.8 Å². The van der Waals surface area contributed by atoms with E-state index < -0.39 is 0 Å². The quantitative estimate of drug-likeness (QED) is 0.459. The lowest BCUT2D eigenvalue weighted by atomic mass is 9.72. The molecule has 4 aromatic rings. The van der Waals surface area contributed by atoms with Crippen molar-refractivity contribution in [1.29, 1.82) is 0 Å². The summed E-state index contributed by atoms with van der Waals surface area (Å²) in [5.41, 5.74) is 6.54. The van der Waals surface area contributed by atoms with E-state index in [1.54, 1.807) is 0 Å². The maximum Gasteiger partial charge on any atom is 0.231 e. The van der Waals surface area contributed by atoms with Gasteiger partial charge in [0.1, 0.15) is 0 Å². The van der Waals surface area contributed by atoms with Crippen LogP contribution < -0.4 is 14.8 Å². The van der Waals surface area contributed by atoms with Gasteiger partial charge in [-0.1, -0.05) is 38.1 Å². The predicted molar refractivity (Wildman–Crippen MR) is 123 cm³/mol. The third-order valence-electron chi connectivity index (χ3n) is 6.67. The van der Waals surface area contributed by atoms with Crippen molar-refractivity contribution >= 4 is 28.2 Å². The molecule has 2 aromatic heterocycles. The molecule has 0 fully saturated rings. The van der Waals surface area contributed by atoms with E-state index in [-0.39, 0.29) is 18.2 Å². The summed E-state index contributed by atoms with van der Waals surface area (Å²) in [4.78, 5) is 20.3. The molecule has 2 aliphatic rings. The molecule has 162 valence electrons. The highest BCUT2D eigenvalue weighted by molar-refractivity contribution is 6.10. The molecule has 6 heteroatoms. The van der Waals surface area contributed by atoms with Crippen LogP contribution in [0, 0.1) is 5.41 Å². The third-order valence-corrected chi connectivity index (χ3v) is 6.67. The minimum absolute atomic E-state index is 0.0521. The monoisotopic (exact) mass is 427 g/mol. The van der Waals surface area contributed by atoms with Crippen LogP contribution in [0.5, 0.6) is 11.5 Å². The minimum Gasteiger partial charge on any atom is -0.454 e. The van der Waals surface area contributed by atoms with Gasteiger partial charge in [0.25, 0.3) is 0 Å². The Balaban J connectivity index is 1.58. The number of benzene rings is 2. The van der Waals surface area contributed by atoms with Gasteiger partial charge in [-0.3, -0.25) is 9.78 Å². The molecule has 1 unspecified atom stereocenters. The van der Waals surface area contributed by atoms with Crippen molar-refractivity contribution in [3.8, 4) is 11.5 Å². The summed E-state index contributed by atoms with van der Waals surface area (Å²) >= 11 is 0. The second-order valence-electron chi connectivity index (χ2n) is 9.59. The fourth-order valence-corrected chi connectivity index (χ4v) is 5.35. The molecule has 0 saturated carbocycles. The number of ether oxygens (including phenoxy) is 2. The van der Waals surface area contributed by atoms with Gasteiger partial charge in [0, 0.05) is 34.0 Å². The summed E-state index contributed by atoms with van der Waals surface area (Å²) in [5, 5.41) is 5.42. The van der Waals surface area contributed by atoms with Crippen LogP contribution in [0.15, 0.2) is 42.5 Å². The van der Waals surface area contributed by atoms with E-state index in [0.717, 1.165) is 64.3 Å². The van der Waals surface area contributed by atoms with Gasteiger partial charge >= 0.3 is 0 Å². The van der Waals surface area contributed by atoms with Crippen LogP contribution in [-0.2, 0) is 17.6 Å². The first-order chi connectivity index (χ1) is 15.5. The smallest absolute Gasteiger partial charge is 0.231 e. The molecule has 1 aliphatic heterocycles. The highest BCUT2D eigenvalue weighted by Gasteiger charge is 2.36. The molecular formula is C26H25N3O3. The van der Waals surface area contributed by atoms with Crippen molar-refractivity contribution in [2.24, 2.45) is 5.41 Å². The molecule has 1 amide bonds. The summed E-state index contributed by atoms with van der Waals surface area (Å²) in [6.45, 7) is 4.75. The SMILES string of the molecule is CC1(C)Cc2nc(Cc3ccc4c(c3)OCO4)c3[nH]c4ccccc4c3c2C(NC=O)C1. The normalized spacial score (nSPS) is 18.6. The van der Waals surface area contributed by atoms with Gasteiger partial charge in [-0.25, -0.2) is 0 Å². The van der Waals surface area contributed by atoms with E-state index >= 15 is 0 Å². The molecular weight excluding hydrogens is 402 g/mol. The molecule has 0 radical (unpaired) electrons. The number of nitrogens with one attached hydrogen (secondary N) is 2. The summed E-state index contributed by atoms with van der Waals surface area (Å²) in [7, 11) is 0. The Bertz CT molecular complexity index is 1370. The first-order valence-electron chi connectivity index (χ1n) is 11.0. The second kappa shape index (κ2) is 6.99. The molecule has 2 N–H and O–H groups in total. The number of aromatic amines is 1. The van der Waals surface area contributed by atoms with E-state index in [2.05, 4.69) is 48.4 Å². The highest BCUT2D eigenvalue weighted by atomic mass is 16.7. The Kier molecular flexibility index (Phi) is 4.18. The number of aromatic nitrogens is 2. The van der Waals surface area contributed by atoms with Crippen molar-refractivity contribution in [2.75, 3.05) is 6.79 Å². The molecule has 1 aliphatic carbocycles. The van der Waals surface area contributed by atoms with Gasteiger partial charge in [-0.05, 0) is 42.0 Å². The first-order valence-corrected chi connectivity index (χ1v) is 11.0. The predicted octanol–water partition coefficient (Wildman–Crippen LogP) is 4.80. The zero-order valence-corrected chi connectivity index (χ0v) is 18.2. The number of carbonyl (C=O) groups is 1. The van der Waals surface area contributed by atoms with Crippen LogP contribution >= 0.6 is 0 Å². The maximum absolute atomic E-state index is 11.5. The molecule has 0 bridgehead atoms. The van der Waals surface area contributed by atoms with E-state index in [4.69, 9.17) is 14.5 Å². The fraction of sp³-hybridized carbons (Fsp3) is 0.308. The Labute approximate surface area is 185 Å². The lowest BCUT2D eigenvalue weighted by molar-refractivity contribution is -0.110. The number of hydrogen-bond donors (Lipinski definition) is 2. The maximum atomic E-state index is 11.5. The first kappa shape index (κ1) is 19.2. The number of para-hydroxylation sites is 1. The molecule has 3 heterocycles. The van der Waals surface area contributed by atoms with Crippen molar-refractivity contribution in [3.63, 3.8) is 0 Å². The molecule has 32 heavy (non-hydrogen) atoms. The lowest BCUT2D eigenvalue weighted by Gasteiger charge is -2.37. The average Bonchev–Trinajstić information content (AvgIpc) is 3.37. The average molecular weight is 428 g/mol. The van der Waals surface area contributed by atoms with Crippen molar-refractivity contribution in [1.82, 2.24) is 15.3 Å². The molecule has 1 atom stereocenters. The highest BCUT2D eigenvalue weighted by Crippen LogP contribution is 2.45. The van der Waals surface area contributed by atoms with Crippen LogP contribution in [0.1, 0.15) is 48.8 Å². The summed E-state index contributed by atoms with van der Waals surface area (Å²) in [5.74, 6) is 1.57. The number of amides is 1. The Morgan fingerprint density at radius 2 is 2.03 bits per heavy atom. The number of hydrogen-bond acceptors (Lipinski definition) is 4. The minimum atomic E-state index is -0.0555. The summed E-state index contributed by atoms with van der Waals surface area (Å²) < 4.78 is 11.0. The largest absolute Gasteiger partial charge is 0.454 e. The van der Waals surface area contributed by atoms with E-state index in [0.29, 0.717) is 6.42 Å². The molecule has 6 rings (SSSR count). The Morgan fingerprint density at radius 1 is 1.19 bits per heavy atom. The standard InChI is InChI=1S/C26H25N3O3/c1-26(2)11-19(27-13-30)24-20(12-26)28-18(9-15-7-8-21-22(10-15)32-14-31-21)25-23(24)16-5-3-4-6-17(16)29-25/h3-8,10,13,19,29H,9,11-12,14H2,1-2H3,(H,27,30). The molecule has 6 nitrogen and oxygen atoms in total. The molecule has 0 saturated heterocycles.